The van der Waals surface area contributed by atoms with Crippen LogP contribution in [-0.4, -0.2) is 15.7 Å². The van der Waals surface area contributed by atoms with Gasteiger partial charge in [0.05, 0.1) is 24.2 Å². The van der Waals surface area contributed by atoms with E-state index in [9.17, 15) is 14.0 Å². The molecule has 4 aromatic rings. The molecule has 0 fully saturated rings. The number of benzene rings is 2. The van der Waals surface area contributed by atoms with Gasteiger partial charge in [0.25, 0.3) is 5.56 Å². The van der Waals surface area contributed by atoms with Crippen LogP contribution in [0.25, 0.3) is 15.9 Å². The van der Waals surface area contributed by atoms with Crippen molar-refractivity contribution in [2.75, 3.05) is 6.61 Å². The third kappa shape index (κ3) is 3.56. The molecular formula is C25H23FN2O3S. The first kappa shape index (κ1) is 20.7. The summed E-state index contributed by atoms with van der Waals surface area (Å²) in [5.74, 6) is 0.329. The number of hydrogen-bond acceptors (Lipinski definition) is 4. The van der Waals surface area contributed by atoms with Crippen LogP contribution in [0.2, 0.25) is 0 Å². The molecule has 1 aliphatic carbocycles. The maximum Gasteiger partial charge on any atom is 0.337 e. The molecule has 0 aliphatic heterocycles. The molecule has 1 aliphatic rings. The molecule has 0 unspecified atom stereocenters. The molecule has 2 aromatic heterocycles. The molecule has 0 saturated heterocycles. The highest BCUT2D eigenvalue weighted by atomic mass is 32.1. The molecule has 5 nitrogen and oxygen atoms in total. The third-order valence-corrected chi connectivity index (χ3v) is 7.19. The van der Waals surface area contributed by atoms with Crippen molar-refractivity contribution in [1.82, 2.24) is 9.13 Å². The van der Waals surface area contributed by atoms with E-state index in [1.54, 1.807) is 41.0 Å². The van der Waals surface area contributed by atoms with Crippen LogP contribution in [-0.2, 0) is 19.4 Å². The van der Waals surface area contributed by atoms with Crippen LogP contribution >= 0.6 is 11.3 Å². The smallest absolute Gasteiger partial charge is 0.337 e. The molecule has 7 heteroatoms. The summed E-state index contributed by atoms with van der Waals surface area (Å²) in [5, 5.41) is 0.620. The lowest BCUT2D eigenvalue weighted by molar-refractivity contribution is 0.340. The predicted octanol–water partition coefficient (Wildman–Crippen LogP) is 4.68. The van der Waals surface area contributed by atoms with Gasteiger partial charge in [-0.2, -0.15) is 0 Å². The van der Waals surface area contributed by atoms with Gasteiger partial charge in [0.2, 0.25) is 0 Å². The molecule has 2 heterocycles. The molecule has 0 atom stereocenters. The molecule has 0 spiro atoms. The lowest BCUT2D eigenvalue weighted by Gasteiger charge is -2.14. The number of ether oxygens (including phenoxy) is 1. The fourth-order valence-corrected chi connectivity index (χ4v) is 5.78. The third-order valence-electron chi connectivity index (χ3n) is 5.87. The molecule has 2 aromatic carbocycles. The van der Waals surface area contributed by atoms with Crippen molar-refractivity contribution in [3.63, 3.8) is 0 Å². The number of aromatic nitrogens is 2. The first-order valence-corrected chi connectivity index (χ1v) is 11.7. The highest BCUT2D eigenvalue weighted by molar-refractivity contribution is 7.18. The average Bonchev–Trinajstić information content (AvgIpc) is 3.18. The molecule has 0 amide bonds. The molecular weight excluding hydrogens is 427 g/mol. The number of rotatable bonds is 5. The molecule has 32 heavy (non-hydrogen) atoms. The quantitative estimate of drug-likeness (QED) is 0.444. The summed E-state index contributed by atoms with van der Waals surface area (Å²) in [7, 11) is 0. The monoisotopic (exact) mass is 450 g/mol. The average molecular weight is 451 g/mol. The molecule has 0 bridgehead atoms. The van der Waals surface area contributed by atoms with Crippen LogP contribution in [0.15, 0.2) is 58.1 Å². The van der Waals surface area contributed by atoms with Gasteiger partial charge in [-0.05, 0) is 80.1 Å². The summed E-state index contributed by atoms with van der Waals surface area (Å²) in [6.45, 7) is 2.63. The van der Waals surface area contributed by atoms with Crippen molar-refractivity contribution in [1.29, 1.82) is 0 Å². The Morgan fingerprint density at radius 2 is 1.84 bits per heavy atom. The molecule has 164 valence electrons. The summed E-state index contributed by atoms with van der Waals surface area (Å²) in [4.78, 5) is 29.1. The van der Waals surface area contributed by atoms with Crippen LogP contribution < -0.4 is 16.0 Å². The van der Waals surface area contributed by atoms with Crippen LogP contribution in [0.1, 0.15) is 35.8 Å². The molecule has 0 radical (unpaired) electrons. The van der Waals surface area contributed by atoms with Gasteiger partial charge in [-0.1, -0.05) is 12.1 Å². The van der Waals surface area contributed by atoms with E-state index in [2.05, 4.69) is 0 Å². The predicted molar refractivity (Wildman–Crippen MR) is 125 cm³/mol. The second-order valence-corrected chi connectivity index (χ2v) is 9.04. The fraction of sp³-hybridized carbons (Fsp3) is 0.280. The summed E-state index contributed by atoms with van der Waals surface area (Å²) in [6, 6.07) is 13.2. The second kappa shape index (κ2) is 8.39. The summed E-state index contributed by atoms with van der Waals surface area (Å²) < 4.78 is 22.2. The van der Waals surface area contributed by atoms with E-state index in [4.69, 9.17) is 4.74 Å². The molecule has 5 rings (SSSR count). The van der Waals surface area contributed by atoms with Crippen molar-refractivity contribution in [3.8, 4) is 11.4 Å². The standard InChI is InChI=1S/C25H23FN2O3S/c1-2-31-19-12-10-18(11-13-19)28-23(29)22-20-8-3-4-9-21(20)32-24(22)27(25(28)30)15-16-6-5-7-17(26)14-16/h5-7,10-14H,2-4,8-9,15H2,1H3. The Bertz CT molecular complexity index is 1420. The van der Waals surface area contributed by atoms with Gasteiger partial charge in [-0.15, -0.1) is 11.3 Å². The van der Waals surface area contributed by atoms with Crippen molar-refractivity contribution in [2.24, 2.45) is 0 Å². The Morgan fingerprint density at radius 1 is 1.06 bits per heavy atom. The van der Waals surface area contributed by atoms with E-state index in [1.807, 2.05) is 6.92 Å². The van der Waals surface area contributed by atoms with Crippen LogP contribution in [0.3, 0.4) is 0 Å². The van der Waals surface area contributed by atoms with Gasteiger partial charge >= 0.3 is 5.69 Å². The minimum absolute atomic E-state index is 0.198. The summed E-state index contributed by atoms with van der Waals surface area (Å²) in [6.07, 6.45) is 3.88. The van der Waals surface area contributed by atoms with E-state index >= 15 is 0 Å². The topological polar surface area (TPSA) is 53.2 Å². The van der Waals surface area contributed by atoms with Gasteiger partial charge < -0.3 is 4.74 Å². The van der Waals surface area contributed by atoms with Gasteiger partial charge in [-0.3, -0.25) is 9.36 Å². The Morgan fingerprint density at radius 3 is 2.59 bits per heavy atom. The Balaban J connectivity index is 1.77. The van der Waals surface area contributed by atoms with Gasteiger partial charge in [0.1, 0.15) is 16.4 Å². The highest BCUT2D eigenvalue weighted by Gasteiger charge is 2.24. The lowest BCUT2D eigenvalue weighted by atomic mass is 9.97. The fourth-order valence-electron chi connectivity index (χ4n) is 4.41. The van der Waals surface area contributed by atoms with E-state index in [-0.39, 0.29) is 17.9 Å². The van der Waals surface area contributed by atoms with Crippen LogP contribution in [0, 0.1) is 5.82 Å². The maximum absolute atomic E-state index is 13.8. The zero-order chi connectivity index (χ0) is 22.2. The van der Waals surface area contributed by atoms with Crippen LogP contribution in [0.5, 0.6) is 5.75 Å². The molecule has 0 N–H and O–H groups in total. The number of fused-ring (bicyclic) bond motifs is 3. The highest BCUT2D eigenvalue weighted by Crippen LogP contribution is 2.34. The normalized spacial score (nSPS) is 13.3. The van der Waals surface area contributed by atoms with Crippen molar-refractivity contribution in [2.45, 2.75) is 39.2 Å². The number of thiophene rings is 1. The van der Waals surface area contributed by atoms with Crippen molar-refractivity contribution in [3.05, 3.63) is 91.2 Å². The van der Waals surface area contributed by atoms with Gasteiger partial charge in [-0.25, -0.2) is 13.8 Å². The van der Waals surface area contributed by atoms with E-state index < -0.39 is 5.69 Å². The maximum atomic E-state index is 13.8. The molecule has 0 saturated carbocycles. The minimum atomic E-state index is -0.422. The first-order chi connectivity index (χ1) is 15.6. The Hall–Kier alpha value is -3.19. The zero-order valence-electron chi connectivity index (χ0n) is 17.8. The number of aryl methyl sites for hydroxylation is 2. The number of halogens is 1. The van der Waals surface area contributed by atoms with Crippen LogP contribution in [0.4, 0.5) is 4.39 Å². The van der Waals surface area contributed by atoms with Crippen molar-refractivity contribution < 1.29 is 9.13 Å². The van der Waals surface area contributed by atoms with E-state index in [0.29, 0.717) is 33.8 Å². The summed E-state index contributed by atoms with van der Waals surface area (Å²) in [5.41, 5.74) is 1.53. The number of hydrogen-bond donors (Lipinski definition) is 0. The number of nitrogens with zero attached hydrogens (tertiary/aromatic N) is 2. The van der Waals surface area contributed by atoms with Crippen molar-refractivity contribution >= 4 is 21.6 Å². The summed E-state index contributed by atoms with van der Waals surface area (Å²) >= 11 is 1.53. The minimum Gasteiger partial charge on any atom is -0.494 e. The van der Waals surface area contributed by atoms with E-state index in [0.717, 1.165) is 31.2 Å². The SMILES string of the molecule is CCOc1ccc(-n2c(=O)c3c4c(sc3n(Cc3cccc(F)c3)c2=O)CCCC4)cc1. The Kier molecular flexibility index (Phi) is 5.43. The zero-order valence-corrected chi connectivity index (χ0v) is 18.6. The first-order valence-electron chi connectivity index (χ1n) is 10.8. The lowest BCUT2D eigenvalue weighted by Crippen LogP contribution is -2.39. The second-order valence-electron chi connectivity index (χ2n) is 7.96. The van der Waals surface area contributed by atoms with E-state index in [1.165, 1.54) is 32.9 Å². The largest absolute Gasteiger partial charge is 0.494 e. The Labute approximate surface area is 188 Å². The van der Waals surface area contributed by atoms with Gasteiger partial charge in [0.15, 0.2) is 0 Å². The van der Waals surface area contributed by atoms with Gasteiger partial charge in [0, 0.05) is 4.88 Å².